The van der Waals surface area contributed by atoms with Crippen LogP contribution in [-0.2, 0) is 31.9 Å². The summed E-state index contributed by atoms with van der Waals surface area (Å²) in [6.45, 7) is 0.989. The van der Waals surface area contributed by atoms with Crippen LogP contribution in [0.25, 0.3) is 11.6 Å². The lowest BCUT2D eigenvalue weighted by Crippen LogP contribution is -2.43. The molecular weight excluding hydrogens is 607 g/mol. The summed E-state index contributed by atoms with van der Waals surface area (Å²) in [4.78, 5) is 11.0. The molecule has 1 aliphatic rings. The molecule has 0 bridgehead atoms. The van der Waals surface area contributed by atoms with E-state index in [1.54, 1.807) is 0 Å². The van der Waals surface area contributed by atoms with Crippen molar-refractivity contribution in [2.75, 3.05) is 18.0 Å². The molecular formula is C29H24F7NO5S. The number of fused-ring (bicyclic) bond motifs is 1. The summed E-state index contributed by atoms with van der Waals surface area (Å²) in [7, 11) is -3.49. The SMILES string of the molecule is COC(=O)CC[C@H]1CN(S(=O)(=O)c2cccc(C(F)(F)F)c2)c2cc(/C(C)=C/c3c(F)cccc3C(F)(F)F)ccc2O1. The second-order valence-electron chi connectivity index (χ2n) is 9.63. The Balaban J connectivity index is 1.82. The first-order chi connectivity index (χ1) is 20.0. The van der Waals surface area contributed by atoms with E-state index in [1.807, 2.05) is 0 Å². The van der Waals surface area contributed by atoms with Crippen LogP contribution in [0.5, 0.6) is 5.75 Å². The number of alkyl halides is 6. The quantitative estimate of drug-likeness (QED) is 0.155. The van der Waals surface area contributed by atoms with Crippen molar-refractivity contribution in [2.45, 2.75) is 43.1 Å². The number of hydrogen-bond acceptors (Lipinski definition) is 5. The highest BCUT2D eigenvalue weighted by atomic mass is 32.2. The predicted molar refractivity (Wildman–Crippen MR) is 143 cm³/mol. The van der Waals surface area contributed by atoms with E-state index >= 15 is 0 Å². The Morgan fingerprint density at radius 1 is 1.02 bits per heavy atom. The number of esters is 1. The number of nitrogens with zero attached hydrogens (tertiary/aromatic N) is 1. The van der Waals surface area contributed by atoms with E-state index in [1.165, 1.54) is 32.2 Å². The van der Waals surface area contributed by atoms with Gasteiger partial charge in [0.25, 0.3) is 10.0 Å². The van der Waals surface area contributed by atoms with Crippen molar-refractivity contribution in [3.63, 3.8) is 0 Å². The maximum absolute atomic E-state index is 14.5. The number of allylic oxidation sites excluding steroid dienone is 1. The summed E-state index contributed by atoms with van der Waals surface area (Å²) in [5.74, 6) is -1.73. The fraction of sp³-hybridized carbons (Fsp3) is 0.276. The molecule has 43 heavy (non-hydrogen) atoms. The van der Waals surface area contributed by atoms with Crippen LogP contribution in [0, 0.1) is 5.82 Å². The average molecular weight is 632 g/mol. The molecule has 1 aliphatic heterocycles. The first kappa shape index (κ1) is 31.9. The third-order valence-corrected chi connectivity index (χ3v) is 8.49. The largest absolute Gasteiger partial charge is 0.486 e. The van der Waals surface area contributed by atoms with Crippen molar-refractivity contribution in [3.8, 4) is 5.75 Å². The number of halogens is 7. The molecule has 0 aliphatic carbocycles. The topological polar surface area (TPSA) is 72.9 Å². The molecule has 3 aromatic carbocycles. The van der Waals surface area contributed by atoms with Crippen molar-refractivity contribution in [3.05, 3.63) is 88.7 Å². The van der Waals surface area contributed by atoms with Gasteiger partial charge in [0.1, 0.15) is 17.7 Å². The Morgan fingerprint density at radius 3 is 2.37 bits per heavy atom. The Bertz CT molecular complexity index is 1670. The highest BCUT2D eigenvalue weighted by molar-refractivity contribution is 7.92. The fourth-order valence-corrected chi connectivity index (χ4v) is 6.05. The van der Waals surface area contributed by atoms with E-state index in [0.717, 1.165) is 46.8 Å². The van der Waals surface area contributed by atoms with Crippen molar-refractivity contribution in [1.82, 2.24) is 0 Å². The number of rotatable bonds is 7. The first-order valence-electron chi connectivity index (χ1n) is 12.6. The smallest absolute Gasteiger partial charge is 0.417 e. The van der Waals surface area contributed by atoms with Gasteiger partial charge in [-0.3, -0.25) is 9.10 Å². The maximum atomic E-state index is 14.5. The minimum absolute atomic E-state index is 0.00455. The molecule has 3 aromatic rings. The normalized spacial score (nSPS) is 16.0. The number of carbonyl (C=O) groups excluding carboxylic acids is 1. The number of methoxy groups -OCH3 is 1. The number of sulfonamides is 1. The van der Waals surface area contributed by atoms with Crippen molar-refractivity contribution >= 4 is 33.3 Å². The molecule has 0 saturated heterocycles. The van der Waals surface area contributed by atoms with Crippen molar-refractivity contribution in [2.24, 2.45) is 0 Å². The van der Waals surface area contributed by atoms with E-state index in [2.05, 4.69) is 4.74 Å². The van der Waals surface area contributed by atoms with Gasteiger partial charge in [-0.25, -0.2) is 12.8 Å². The van der Waals surface area contributed by atoms with Crippen molar-refractivity contribution in [1.29, 1.82) is 0 Å². The summed E-state index contributed by atoms with van der Waals surface area (Å²) < 4.78 is 134. The Hall–Kier alpha value is -4.07. The second kappa shape index (κ2) is 11.9. The zero-order valence-electron chi connectivity index (χ0n) is 22.6. The molecule has 1 atom stereocenters. The lowest BCUT2D eigenvalue weighted by atomic mass is 9.99. The number of hydrogen-bond donors (Lipinski definition) is 0. The van der Waals surface area contributed by atoms with Gasteiger partial charge in [-0.05, 0) is 73.0 Å². The summed E-state index contributed by atoms with van der Waals surface area (Å²) in [6.07, 6.45) is -9.74. The van der Waals surface area contributed by atoms with Gasteiger partial charge in [0.2, 0.25) is 0 Å². The van der Waals surface area contributed by atoms with Crippen LogP contribution in [0.4, 0.5) is 36.4 Å². The molecule has 230 valence electrons. The predicted octanol–water partition coefficient (Wildman–Crippen LogP) is 7.33. The van der Waals surface area contributed by atoms with Gasteiger partial charge in [-0.2, -0.15) is 26.3 Å². The van der Waals surface area contributed by atoms with Gasteiger partial charge in [0.05, 0.1) is 35.4 Å². The van der Waals surface area contributed by atoms with E-state index in [0.29, 0.717) is 6.07 Å². The number of benzene rings is 3. The molecule has 0 radical (unpaired) electrons. The number of ether oxygens (including phenoxy) is 2. The number of anilines is 1. The Labute approximate surface area is 242 Å². The minimum Gasteiger partial charge on any atom is -0.486 e. The van der Waals surface area contributed by atoms with E-state index in [-0.39, 0.29) is 35.4 Å². The molecule has 0 aromatic heterocycles. The van der Waals surface area contributed by atoms with Crippen LogP contribution in [0.2, 0.25) is 0 Å². The van der Waals surface area contributed by atoms with Gasteiger partial charge in [-0.15, -0.1) is 0 Å². The van der Waals surface area contributed by atoms with Gasteiger partial charge in [0.15, 0.2) is 0 Å². The minimum atomic E-state index is -4.85. The van der Waals surface area contributed by atoms with Crippen LogP contribution >= 0.6 is 0 Å². The van der Waals surface area contributed by atoms with Crippen LogP contribution in [0.3, 0.4) is 0 Å². The van der Waals surface area contributed by atoms with Crippen LogP contribution in [-0.4, -0.2) is 34.1 Å². The molecule has 0 spiro atoms. The molecule has 0 amide bonds. The van der Waals surface area contributed by atoms with E-state index < -0.39 is 68.4 Å². The molecule has 0 saturated carbocycles. The Morgan fingerprint density at radius 2 is 1.72 bits per heavy atom. The van der Waals surface area contributed by atoms with Gasteiger partial charge < -0.3 is 9.47 Å². The van der Waals surface area contributed by atoms with Crippen LogP contribution in [0.15, 0.2) is 65.6 Å². The highest BCUT2D eigenvalue weighted by Gasteiger charge is 2.38. The van der Waals surface area contributed by atoms with Crippen molar-refractivity contribution < 1.29 is 53.4 Å². The zero-order chi connectivity index (χ0) is 31.7. The lowest BCUT2D eigenvalue weighted by molar-refractivity contribution is -0.141. The third-order valence-electron chi connectivity index (χ3n) is 6.71. The van der Waals surface area contributed by atoms with Gasteiger partial charge in [-0.1, -0.05) is 18.2 Å². The first-order valence-corrected chi connectivity index (χ1v) is 14.1. The molecule has 0 N–H and O–H groups in total. The molecule has 6 nitrogen and oxygen atoms in total. The average Bonchev–Trinajstić information content (AvgIpc) is 2.95. The van der Waals surface area contributed by atoms with Gasteiger partial charge >= 0.3 is 18.3 Å². The summed E-state index contributed by atoms with van der Waals surface area (Å²) in [6, 6.07) is 9.69. The van der Waals surface area contributed by atoms with Gasteiger partial charge in [0, 0.05) is 12.0 Å². The van der Waals surface area contributed by atoms with E-state index in [4.69, 9.17) is 4.74 Å². The molecule has 1 heterocycles. The summed E-state index contributed by atoms with van der Waals surface area (Å²) in [5, 5.41) is 0. The monoisotopic (exact) mass is 631 g/mol. The third kappa shape index (κ3) is 6.95. The molecule has 4 rings (SSSR count). The fourth-order valence-electron chi connectivity index (χ4n) is 4.51. The van der Waals surface area contributed by atoms with Crippen LogP contribution < -0.4 is 9.04 Å². The molecule has 14 heteroatoms. The zero-order valence-corrected chi connectivity index (χ0v) is 23.4. The Kier molecular flexibility index (Phi) is 8.82. The number of carbonyl (C=O) groups is 1. The van der Waals surface area contributed by atoms with Crippen LogP contribution in [0.1, 0.15) is 42.0 Å². The molecule has 0 unspecified atom stereocenters. The summed E-state index contributed by atoms with van der Waals surface area (Å²) in [5.41, 5.74) is -2.92. The van der Waals surface area contributed by atoms with E-state index in [9.17, 15) is 43.9 Å². The maximum Gasteiger partial charge on any atom is 0.417 e. The molecule has 0 fully saturated rings. The highest BCUT2D eigenvalue weighted by Crippen LogP contribution is 2.41. The lowest BCUT2D eigenvalue weighted by Gasteiger charge is -2.36. The standard InChI is InChI=1S/C29H24F7NO5S/c1-17(13-22-23(29(34,35)36)7-4-8-24(22)30)18-9-11-26-25(14-18)37(16-20(42-26)10-12-27(38)41-2)43(39,40)21-6-3-5-19(15-21)28(31,32)33/h3-9,11,13-15,20H,10,12,16H2,1-2H3/b17-13+/t20-/m0/s1. The second-order valence-corrected chi connectivity index (χ2v) is 11.5. The summed E-state index contributed by atoms with van der Waals surface area (Å²) >= 11 is 0.